The van der Waals surface area contributed by atoms with E-state index in [9.17, 15) is 9.90 Å². The molecule has 4 rings (SSSR count). The van der Waals surface area contributed by atoms with Crippen molar-refractivity contribution in [3.05, 3.63) is 59.7 Å². The molecule has 0 spiro atoms. The smallest absolute Gasteiger partial charge is 0.222 e. The summed E-state index contributed by atoms with van der Waals surface area (Å²) in [5, 5.41) is 12.9. The number of fused-ring (bicyclic) bond motifs is 1. The minimum Gasteiger partial charge on any atom is -0.508 e. The molecular weight excluding hydrogens is 503 g/mol. The van der Waals surface area contributed by atoms with Crippen molar-refractivity contribution in [3.8, 4) is 5.75 Å². The number of guanidine groups is 1. The molecule has 166 valence electrons. The lowest BCUT2D eigenvalue weighted by molar-refractivity contribution is -0.127. The number of nitrogens with one attached hydrogen (secondary N) is 1. The molecular formula is C24H31IN4O2. The zero-order valence-electron chi connectivity index (χ0n) is 18.0. The van der Waals surface area contributed by atoms with Crippen LogP contribution >= 0.6 is 24.0 Å². The van der Waals surface area contributed by atoms with Gasteiger partial charge in [-0.25, -0.2) is 4.99 Å². The number of halogens is 1. The molecule has 1 amide bonds. The molecule has 2 heterocycles. The lowest BCUT2D eigenvalue weighted by atomic mass is 9.98. The number of hydrogen-bond donors (Lipinski definition) is 2. The Morgan fingerprint density at radius 3 is 2.68 bits per heavy atom. The molecule has 0 aliphatic carbocycles. The first-order valence-electron chi connectivity index (χ1n) is 10.9. The van der Waals surface area contributed by atoms with Crippen LogP contribution in [0.1, 0.15) is 43.2 Å². The quantitative estimate of drug-likeness (QED) is 0.333. The number of phenolic OH excluding ortho intramolecular Hbond substituents is 1. The first kappa shape index (κ1) is 23.4. The summed E-state index contributed by atoms with van der Waals surface area (Å²) < 4.78 is 0. The molecule has 6 nitrogen and oxygen atoms in total. The molecule has 2 aromatic carbocycles. The van der Waals surface area contributed by atoms with Gasteiger partial charge in [-0.1, -0.05) is 30.3 Å². The average molecular weight is 534 g/mol. The van der Waals surface area contributed by atoms with Crippen LogP contribution < -0.4 is 10.2 Å². The minimum absolute atomic E-state index is 0. The fraction of sp³-hybridized carbons (Fsp3) is 0.417. The van der Waals surface area contributed by atoms with Crippen molar-refractivity contribution in [1.82, 2.24) is 10.2 Å². The number of amides is 1. The maximum Gasteiger partial charge on any atom is 0.222 e. The fourth-order valence-corrected chi connectivity index (χ4v) is 4.36. The largest absolute Gasteiger partial charge is 0.508 e. The van der Waals surface area contributed by atoms with E-state index in [4.69, 9.17) is 4.99 Å². The standard InChI is InChI=1S/C24H30N4O2.HI/c1-2-25-24(26-16-18-9-11-20(29)12-10-18)28-17-19(21-6-3-4-7-22(21)28)13-15-27-14-5-8-23(27)30;/h3-4,6-7,9-12,19,29H,2,5,8,13-17H2,1H3,(H,25,26);1H. The van der Waals surface area contributed by atoms with E-state index in [1.165, 1.54) is 11.3 Å². The fourth-order valence-electron chi connectivity index (χ4n) is 4.36. The summed E-state index contributed by atoms with van der Waals surface area (Å²) >= 11 is 0. The summed E-state index contributed by atoms with van der Waals surface area (Å²) in [5.41, 5.74) is 3.58. The zero-order chi connectivity index (χ0) is 20.9. The summed E-state index contributed by atoms with van der Waals surface area (Å²) in [5.74, 6) is 1.81. The van der Waals surface area contributed by atoms with Crippen LogP contribution in [0.2, 0.25) is 0 Å². The van der Waals surface area contributed by atoms with Crippen molar-refractivity contribution >= 4 is 41.5 Å². The van der Waals surface area contributed by atoms with E-state index in [-0.39, 0.29) is 29.7 Å². The predicted octanol–water partition coefficient (Wildman–Crippen LogP) is 4.09. The number of para-hydroxylation sites is 1. The summed E-state index contributed by atoms with van der Waals surface area (Å²) in [6.07, 6.45) is 2.65. The second-order valence-corrected chi connectivity index (χ2v) is 7.98. The van der Waals surface area contributed by atoms with Crippen LogP contribution in [0.15, 0.2) is 53.5 Å². The van der Waals surface area contributed by atoms with Crippen LogP contribution in [0.3, 0.4) is 0 Å². The summed E-state index contributed by atoms with van der Waals surface area (Å²) in [6, 6.07) is 15.7. The molecule has 31 heavy (non-hydrogen) atoms. The highest BCUT2D eigenvalue weighted by Gasteiger charge is 2.32. The minimum atomic E-state index is 0. The van der Waals surface area contributed by atoms with Gasteiger partial charge in [0.1, 0.15) is 5.75 Å². The third kappa shape index (κ3) is 5.50. The van der Waals surface area contributed by atoms with Crippen LogP contribution in [0, 0.1) is 0 Å². The van der Waals surface area contributed by atoms with Crippen molar-refractivity contribution in [2.75, 3.05) is 31.1 Å². The van der Waals surface area contributed by atoms with Gasteiger partial charge in [0.15, 0.2) is 5.96 Å². The number of rotatable bonds is 6. The van der Waals surface area contributed by atoms with Gasteiger partial charge in [-0.3, -0.25) is 4.79 Å². The first-order chi connectivity index (χ1) is 14.7. The molecule has 0 aromatic heterocycles. The topological polar surface area (TPSA) is 68.2 Å². The van der Waals surface area contributed by atoms with Crippen molar-refractivity contribution < 1.29 is 9.90 Å². The lowest BCUT2D eigenvalue weighted by Crippen LogP contribution is -2.41. The molecule has 2 aliphatic rings. The number of carbonyl (C=O) groups is 1. The Hall–Kier alpha value is -2.29. The molecule has 2 aliphatic heterocycles. The summed E-state index contributed by atoms with van der Waals surface area (Å²) in [4.78, 5) is 21.1. The van der Waals surface area contributed by atoms with E-state index in [2.05, 4.69) is 41.4 Å². The Balaban J connectivity index is 0.00000272. The third-order valence-corrected chi connectivity index (χ3v) is 5.93. The molecule has 1 unspecified atom stereocenters. The van der Waals surface area contributed by atoms with Gasteiger partial charge in [0.2, 0.25) is 5.91 Å². The van der Waals surface area contributed by atoms with Gasteiger partial charge in [-0.15, -0.1) is 24.0 Å². The van der Waals surface area contributed by atoms with Crippen LogP contribution in [-0.4, -0.2) is 48.1 Å². The van der Waals surface area contributed by atoms with Crippen LogP contribution in [-0.2, 0) is 11.3 Å². The number of phenols is 1. The predicted molar refractivity (Wildman–Crippen MR) is 135 cm³/mol. The highest BCUT2D eigenvalue weighted by Crippen LogP contribution is 2.38. The molecule has 0 radical (unpaired) electrons. The monoisotopic (exact) mass is 534 g/mol. The molecule has 1 fully saturated rings. The molecule has 0 bridgehead atoms. The van der Waals surface area contributed by atoms with E-state index in [0.717, 1.165) is 50.5 Å². The Morgan fingerprint density at radius 1 is 1.19 bits per heavy atom. The molecule has 0 saturated carbocycles. The highest BCUT2D eigenvalue weighted by molar-refractivity contribution is 14.0. The Kier molecular flexibility index (Phi) is 8.17. The normalized spacial score (nSPS) is 18.2. The first-order valence-corrected chi connectivity index (χ1v) is 10.9. The van der Waals surface area contributed by atoms with E-state index in [0.29, 0.717) is 24.8 Å². The molecule has 2 N–H and O–H groups in total. The van der Waals surface area contributed by atoms with Gasteiger partial charge in [0.05, 0.1) is 6.54 Å². The van der Waals surface area contributed by atoms with Gasteiger partial charge in [0.25, 0.3) is 0 Å². The van der Waals surface area contributed by atoms with E-state index >= 15 is 0 Å². The van der Waals surface area contributed by atoms with E-state index < -0.39 is 0 Å². The zero-order valence-corrected chi connectivity index (χ0v) is 20.3. The van der Waals surface area contributed by atoms with Crippen LogP contribution in [0.4, 0.5) is 5.69 Å². The van der Waals surface area contributed by atoms with Crippen molar-refractivity contribution in [2.45, 2.75) is 38.6 Å². The molecule has 1 saturated heterocycles. The number of hydrogen-bond acceptors (Lipinski definition) is 3. The van der Waals surface area contributed by atoms with Gasteiger partial charge in [0, 0.05) is 44.2 Å². The number of nitrogens with zero attached hydrogens (tertiary/aromatic N) is 3. The van der Waals surface area contributed by atoms with Gasteiger partial charge < -0.3 is 20.2 Å². The maximum atomic E-state index is 12.0. The number of aliphatic imine (C=N–C) groups is 1. The van der Waals surface area contributed by atoms with Crippen molar-refractivity contribution in [2.24, 2.45) is 4.99 Å². The number of carbonyl (C=O) groups excluding carboxylic acids is 1. The van der Waals surface area contributed by atoms with Gasteiger partial charge in [-0.05, 0) is 49.1 Å². The Bertz CT molecular complexity index is 916. The second-order valence-electron chi connectivity index (χ2n) is 7.98. The summed E-state index contributed by atoms with van der Waals surface area (Å²) in [6.45, 7) is 6.01. The van der Waals surface area contributed by atoms with Crippen molar-refractivity contribution in [3.63, 3.8) is 0 Å². The Morgan fingerprint density at radius 2 is 1.97 bits per heavy atom. The van der Waals surface area contributed by atoms with Crippen LogP contribution in [0.25, 0.3) is 0 Å². The third-order valence-electron chi connectivity index (χ3n) is 5.93. The second kappa shape index (κ2) is 10.8. The number of likely N-dealkylation sites (tertiary alicyclic amines) is 1. The van der Waals surface area contributed by atoms with Crippen molar-refractivity contribution in [1.29, 1.82) is 0 Å². The highest BCUT2D eigenvalue weighted by atomic mass is 127. The molecule has 7 heteroatoms. The number of benzene rings is 2. The molecule has 1 atom stereocenters. The van der Waals surface area contributed by atoms with Gasteiger partial charge >= 0.3 is 0 Å². The SMILES string of the molecule is CCNC(=NCc1ccc(O)cc1)N1CC(CCN2CCCC2=O)c2ccccc21.I. The number of anilines is 1. The number of aromatic hydroxyl groups is 1. The van der Waals surface area contributed by atoms with E-state index in [1.807, 2.05) is 17.0 Å². The van der Waals surface area contributed by atoms with Crippen LogP contribution in [0.5, 0.6) is 5.75 Å². The van der Waals surface area contributed by atoms with Gasteiger partial charge in [-0.2, -0.15) is 0 Å². The van der Waals surface area contributed by atoms with E-state index in [1.54, 1.807) is 12.1 Å². The summed E-state index contributed by atoms with van der Waals surface area (Å²) in [7, 11) is 0. The Labute approximate surface area is 201 Å². The average Bonchev–Trinajstić information content (AvgIpc) is 3.34. The maximum absolute atomic E-state index is 12.0. The lowest BCUT2D eigenvalue weighted by Gasteiger charge is -2.23. The molecule has 2 aromatic rings.